The van der Waals surface area contributed by atoms with Gasteiger partial charge in [-0.15, -0.1) is 0 Å². The second-order valence-electron chi connectivity index (χ2n) is 2.38. The van der Waals surface area contributed by atoms with Crippen LogP contribution in [0.1, 0.15) is 5.56 Å². The zero-order valence-electron chi connectivity index (χ0n) is 6.52. The van der Waals surface area contributed by atoms with Gasteiger partial charge in [-0.2, -0.15) is 0 Å². The molecular formula is C8H7F3N2. The van der Waals surface area contributed by atoms with Gasteiger partial charge in [-0.05, 0) is 12.1 Å². The summed E-state index contributed by atoms with van der Waals surface area (Å²) < 4.78 is 37.6. The van der Waals surface area contributed by atoms with Gasteiger partial charge in [-0.1, -0.05) is 0 Å². The first-order valence-corrected chi connectivity index (χ1v) is 3.38. The van der Waals surface area contributed by atoms with Crippen LogP contribution in [0.3, 0.4) is 0 Å². The van der Waals surface area contributed by atoms with E-state index in [1.807, 2.05) is 0 Å². The van der Waals surface area contributed by atoms with E-state index in [9.17, 15) is 13.2 Å². The van der Waals surface area contributed by atoms with Gasteiger partial charge in [0.1, 0.15) is 0 Å². The van der Waals surface area contributed by atoms with Crippen molar-refractivity contribution in [2.75, 3.05) is 0 Å². The van der Waals surface area contributed by atoms with Gasteiger partial charge in [-0.25, -0.2) is 13.2 Å². The fourth-order valence-corrected chi connectivity index (χ4v) is 0.818. The summed E-state index contributed by atoms with van der Waals surface area (Å²) in [5, 5.41) is 0. The molecule has 5 heteroatoms. The SMILES string of the molecule is N/C=C(\N)c1cc(F)c(F)c(F)c1. The van der Waals surface area contributed by atoms with Crippen molar-refractivity contribution in [2.24, 2.45) is 11.5 Å². The van der Waals surface area contributed by atoms with E-state index in [1.165, 1.54) is 0 Å². The smallest absolute Gasteiger partial charge is 0.194 e. The fraction of sp³-hybridized carbons (Fsp3) is 0. The Hall–Kier alpha value is -1.65. The van der Waals surface area contributed by atoms with E-state index < -0.39 is 17.5 Å². The van der Waals surface area contributed by atoms with Crippen LogP contribution in [-0.2, 0) is 0 Å². The summed E-state index contributed by atoms with van der Waals surface area (Å²) in [6, 6.07) is 1.55. The summed E-state index contributed by atoms with van der Waals surface area (Å²) in [5.41, 5.74) is 10.3. The standard InChI is InChI=1S/C8H7F3N2/c9-5-1-4(7(13)3-12)2-6(10)8(5)11/h1-3H,12-13H2/b7-3-. The molecule has 13 heavy (non-hydrogen) atoms. The topological polar surface area (TPSA) is 52.0 Å². The molecule has 0 heterocycles. The number of rotatable bonds is 1. The first-order chi connectivity index (χ1) is 6.06. The summed E-state index contributed by atoms with van der Waals surface area (Å²) in [4.78, 5) is 0. The Morgan fingerprint density at radius 1 is 1.15 bits per heavy atom. The minimum atomic E-state index is -1.52. The molecule has 70 valence electrons. The average Bonchev–Trinajstić information content (AvgIpc) is 2.12. The Kier molecular flexibility index (Phi) is 2.46. The molecule has 1 aromatic carbocycles. The van der Waals surface area contributed by atoms with Crippen LogP contribution in [0.2, 0.25) is 0 Å². The molecule has 4 N–H and O–H groups in total. The number of hydrogen-bond acceptors (Lipinski definition) is 2. The molecule has 2 nitrogen and oxygen atoms in total. The zero-order valence-corrected chi connectivity index (χ0v) is 6.52. The molecule has 0 aliphatic heterocycles. The third-order valence-electron chi connectivity index (χ3n) is 1.50. The van der Waals surface area contributed by atoms with Gasteiger partial charge in [0, 0.05) is 11.8 Å². The van der Waals surface area contributed by atoms with Crippen molar-refractivity contribution in [1.29, 1.82) is 0 Å². The van der Waals surface area contributed by atoms with Crippen LogP contribution in [0.5, 0.6) is 0 Å². The van der Waals surface area contributed by atoms with Gasteiger partial charge < -0.3 is 11.5 Å². The molecule has 0 spiro atoms. The molecule has 0 unspecified atom stereocenters. The molecule has 0 aromatic heterocycles. The Morgan fingerprint density at radius 2 is 1.62 bits per heavy atom. The third kappa shape index (κ3) is 1.74. The summed E-state index contributed by atoms with van der Waals surface area (Å²) in [6.45, 7) is 0. The predicted molar refractivity (Wildman–Crippen MR) is 42.7 cm³/mol. The largest absolute Gasteiger partial charge is 0.403 e. The van der Waals surface area contributed by atoms with Crippen molar-refractivity contribution in [3.05, 3.63) is 41.3 Å². The van der Waals surface area contributed by atoms with Crippen LogP contribution in [0.25, 0.3) is 5.70 Å². The number of halogens is 3. The van der Waals surface area contributed by atoms with E-state index >= 15 is 0 Å². The highest BCUT2D eigenvalue weighted by molar-refractivity contribution is 5.62. The van der Waals surface area contributed by atoms with Crippen molar-refractivity contribution >= 4 is 5.70 Å². The number of hydrogen-bond donors (Lipinski definition) is 2. The number of nitrogens with two attached hydrogens (primary N) is 2. The minimum absolute atomic E-state index is 0.0129. The Balaban J connectivity index is 3.29. The molecule has 0 fully saturated rings. The van der Waals surface area contributed by atoms with Crippen molar-refractivity contribution in [3.8, 4) is 0 Å². The molecule has 1 rings (SSSR count). The fourth-order valence-electron chi connectivity index (χ4n) is 0.818. The highest BCUT2D eigenvalue weighted by Gasteiger charge is 2.10. The lowest BCUT2D eigenvalue weighted by Gasteiger charge is -2.02. The van der Waals surface area contributed by atoms with Crippen LogP contribution >= 0.6 is 0 Å². The molecule has 1 aromatic rings. The van der Waals surface area contributed by atoms with Crippen molar-refractivity contribution < 1.29 is 13.2 Å². The van der Waals surface area contributed by atoms with Gasteiger partial charge in [0.05, 0.1) is 5.70 Å². The molecule has 0 aliphatic carbocycles. The zero-order chi connectivity index (χ0) is 10.0. The predicted octanol–water partition coefficient (Wildman–Crippen LogP) is 1.32. The molecule has 0 amide bonds. The highest BCUT2D eigenvalue weighted by Crippen LogP contribution is 2.16. The maximum atomic E-state index is 12.6. The second kappa shape index (κ2) is 3.38. The lowest BCUT2D eigenvalue weighted by Crippen LogP contribution is -2.02. The van der Waals surface area contributed by atoms with Gasteiger partial charge in [-0.3, -0.25) is 0 Å². The average molecular weight is 188 g/mol. The molecule has 0 aliphatic rings. The normalized spacial score (nSPS) is 11.8. The van der Waals surface area contributed by atoms with Crippen molar-refractivity contribution in [3.63, 3.8) is 0 Å². The quantitative estimate of drug-likeness (QED) is 0.653. The van der Waals surface area contributed by atoms with Crippen molar-refractivity contribution in [1.82, 2.24) is 0 Å². The van der Waals surface area contributed by atoms with E-state index in [0.29, 0.717) is 0 Å². The van der Waals surface area contributed by atoms with Crippen LogP contribution in [-0.4, -0.2) is 0 Å². The van der Waals surface area contributed by atoms with E-state index in [4.69, 9.17) is 11.5 Å². The molecule has 0 saturated carbocycles. The molecule has 0 bridgehead atoms. The van der Waals surface area contributed by atoms with Gasteiger partial charge in [0.2, 0.25) is 0 Å². The Labute approximate surface area is 72.6 Å². The molecular weight excluding hydrogens is 181 g/mol. The summed E-state index contributed by atoms with van der Waals surface area (Å²) in [7, 11) is 0. The first kappa shape index (κ1) is 9.44. The Morgan fingerprint density at radius 3 is 2.00 bits per heavy atom. The Bertz CT molecular complexity index is 337. The lowest BCUT2D eigenvalue weighted by atomic mass is 10.1. The minimum Gasteiger partial charge on any atom is -0.403 e. The first-order valence-electron chi connectivity index (χ1n) is 3.38. The molecule has 0 radical (unpaired) electrons. The summed E-state index contributed by atoms with van der Waals surface area (Å²) in [5.74, 6) is -4.10. The maximum absolute atomic E-state index is 12.6. The van der Waals surface area contributed by atoms with E-state index in [-0.39, 0.29) is 11.3 Å². The summed E-state index contributed by atoms with van der Waals surface area (Å²) >= 11 is 0. The van der Waals surface area contributed by atoms with Crippen LogP contribution in [0, 0.1) is 17.5 Å². The summed E-state index contributed by atoms with van der Waals surface area (Å²) in [6.07, 6.45) is 0.978. The maximum Gasteiger partial charge on any atom is 0.194 e. The van der Waals surface area contributed by atoms with Crippen LogP contribution in [0.4, 0.5) is 13.2 Å². The lowest BCUT2D eigenvalue weighted by molar-refractivity contribution is 0.446. The van der Waals surface area contributed by atoms with Gasteiger partial charge >= 0.3 is 0 Å². The molecule has 0 atom stereocenters. The molecule has 0 saturated heterocycles. The van der Waals surface area contributed by atoms with E-state index in [0.717, 1.165) is 18.3 Å². The highest BCUT2D eigenvalue weighted by atomic mass is 19.2. The van der Waals surface area contributed by atoms with Crippen molar-refractivity contribution in [2.45, 2.75) is 0 Å². The third-order valence-corrected chi connectivity index (χ3v) is 1.50. The van der Waals surface area contributed by atoms with Crippen LogP contribution < -0.4 is 11.5 Å². The number of benzene rings is 1. The monoisotopic (exact) mass is 188 g/mol. The van der Waals surface area contributed by atoms with Gasteiger partial charge in [0.15, 0.2) is 17.5 Å². The van der Waals surface area contributed by atoms with E-state index in [1.54, 1.807) is 0 Å². The van der Waals surface area contributed by atoms with E-state index in [2.05, 4.69) is 0 Å². The van der Waals surface area contributed by atoms with Gasteiger partial charge in [0.25, 0.3) is 0 Å². The van der Waals surface area contributed by atoms with Crippen LogP contribution in [0.15, 0.2) is 18.3 Å². The second-order valence-corrected chi connectivity index (χ2v) is 2.38.